The minimum absolute atomic E-state index is 0.0912. The molecule has 3 rings (SSSR count). The molecule has 2 fully saturated rings. The van der Waals surface area contributed by atoms with Gasteiger partial charge in [-0.1, -0.05) is 6.42 Å². The molecule has 0 spiro atoms. The van der Waals surface area contributed by atoms with Crippen LogP contribution in [-0.4, -0.2) is 23.0 Å². The molecule has 2 aliphatic rings. The first-order valence-electron chi connectivity index (χ1n) is 6.10. The second-order valence-electron chi connectivity index (χ2n) is 4.83. The van der Waals surface area contributed by atoms with Crippen LogP contribution >= 0.6 is 0 Å². The number of aldehydes is 1. The normalized spacial score (nSPS) is 26.8. The van der Waals surface area contributed by atoms with Crippen molar-refractivity contribution in [2.75, 3.05) is 0 Å². The lowest BCUT2D eigenvalue weighted by molar-refractivity contribution is -0.141. The van der Waals surface area contributed by atoms with Crippen molar-refractivity contribution in [3.63, 3.8) is 0 Å². The monoisotopic (exact) mass is 247 g/mol. The lowest BCUT2D eigenvalue weighted by atomic mass is 10.00. The summed E-state index contributed by atoms with van der Waals surface area (Å²) in [5, 5.41) is 0. The summed E-state index contributed by atoms with van der Waals surface area (Å²) in [6.45, 7) is 0.137. The van der Waals surface area contributed by atoms with Gasteiger partial charge in [0.2, 0.25) is 11.8 Å². The Balaban J connectivity index is 1.79. The average molecular weight is 247 g/mol. The maximum atomic E-state index is 12.1. The molecule has 1 aromatic heterocycles. The fourth-order valence-electron chi connectivity index (χ4n) is 2.91. The SMILES string of the molecule is O=Cc1ccc(CN2C(=O)C3CCCC3C2=O)o1. The third-order valence-electron chi connectivity index (χ3n) is 3.79. The van der Waals surface area contributed by atoms with Crippen molar-refractivity contribution in [1.82, 2.24) is 4.90 Å². The summed E-state index contributed by atoms with van der Waals surface area (Å²) >= 11 is 0. The molecule has 0 bridgehead atoms. The highest BCUT2D eigenvalue weighted by atomic mass is 16.3. The minimum atomic E-state index is -0.127. The highest BCUT2D eigenvalue weighted by Crippen LogP contribution is 2.40. The standard InChI is InChI=1S/C13H13NO4/c15-7-9-5-4-8(18-9)6-14-12(16)10-2-1-3-11(10)13(14)17/h4-5,7,10-11H,1-3,6H2. The van der Waals surface area contributed by atoms with Crippen LogP contribution in [0.15, 0.2) is 16.5 Å². The summed E-state index contributed by atoms with van der Waals surface area (Å²) in [6, 6.07) is 3.16. The van der Waals surface area contributed by atoms with Gasteiger partial charge in [-0.25, -0.2) is 0 Å². The number of likely N-dealkylation sites (tertiary alicyclic amines) is 1. The van der Waals surface area contributed by atoms with Gasteiger partial charge in [0.1, 0.15) is 5.76 Å². The predicted molar refractivity (Wildman–Crippen MR) is 60.5 cm³/mol. The molecule has 2 amide bonds. The maximum Gasteiger partial charge on any atom is 0.233 e. The molecule has 1 aliphatic heterocycles. The summed E-state index contributed by atoms with van der Waals surface area (Å²) in [5.41, 5.74) is 0. The molecular weight excluding hydrogens is 234 g/mol. The molecule has 0 aromatic carbocycles. The molecule has 2 unspecified atom stereocenters. The number of amides is 2. The Hall–Kier alpha value is -1.91. The molecule has 5 nitrogen and oxygen atoms in total. The summed E-state index contributed by atoms with van der Waals surface area (Å²) in [5.74, 6) is 0.247. The van der Waals surface area contributed by atoms with Crippen LogP contribution in [0.3, 0.4) is 0 Å². The van der Waals surface area contributed by atoms with Crippen molar-refractivity contribution in [1.29, 1.82) is 0 Å². The van der Waals surface area contributed by atoms with E-state index in [0.29, 0.717) is 12.0 Å². The van der Waals surface area contributed by atoms with Gasteiger partial charge in [-0.2, -0.15) is 0 Å². The third kappa shape index (κ3) is 1.58. The van der Waals surface area contributed by atoms with Crippen molar-refractivity contribution in [2.24, 2.45) is 11.8 Å². The van der Waals surface area contributed by atoms with E-state index < -0.39 is 0 Å². The van der Waals surface area contributed by atoms with Crippen molar-refractivity contribution >= 4 is 18.1 Å². The minimum Gasteiger partial charge on any atom is -0.456 e. The van der Waals surface area contributed by atoms with Gasteiger partial charge in [-0.15, -0.1) is 0 Å². The van der Waals surface area contributed by atoms with E-state index in [1.54, 1.807) is 6.07 Å². The number of hydrogen-bond acceptors (Lipinski definition) is 4. The lowest BCUT2D eigenvalue weighted by Crippen LogP contribution is -2.31. The molecule has 1 aromatic rings. The molecule has 0 N–H and O–H groups in total. The quantitative estimate of drug-likeness (QED) is 0.597. The van der Waals surface area contributed by atoms with Crippen LogP contribution in [0.4, 0.5) is 0 Å². The Kier molecular flexibility index (Phi) is 2.54. The zero-order valence-corrected chi connectivity index (χ0v) is 9.80. The zero-order valence-electron chi connectivity index (χ0n) is 9.80. The van der Waals surface area contributed by atoms with Crippen LogP contribution in [0.1, 0.15) is 35.6 Å². The maximum absolute atomic E-state index is 12.1. The zero-order chi connectivity index (χ0) is 12.7. The first-order chi connectivity index (χ1) is 8.70. The topological polar surface area (TPSA) is 67.6 Å². The van der Waals surface area contributed by atoms with Crippen LogP contribution in [0.25, 0.3) is 0 Å². The highest BCUT2D eigenvalue weighted by molar-refractivity contribution is 6.05. The van der Waals surface area contributed by atoms with Gasteiger partial charge in [0, 0.05) is 0 Å². The van der Waals surface area contributed by atoms with E-state index >= 15 is 0 Å². The van der Waals surface area contributed by atoms with Crippen LogP contribution in [-0.2, 0) is 16.1 Å². The number of carbonyl (C=O) groups is 3. The van der Waals surface area contributed by atoms with Crippen LogP contribution in [0.5, 0.6) is 0 Å². The molecule has 1 saturated heterocycles. The summed E-state index contributed by atoms with van der Waals surface area (Å²) < 4.78 is 5.20. The van der Waals surface area contributed by atoms with Crippen LogP contribution < -0.4 is 0 Å². The highest BCUT2D eigenvalue weighted by Gasteiger charge is 2.49. The van der Waals surface area contributed by atoms with Gasteiger partial charge in [0.25, 0.3) is 0 Å². The number of nitrogens with zero attached hydrogens (tertiary/aromatic N) is 1. The Labute approximate surface area is 104 Å². The second kappa shape index (κ2) is 4.08. The van der Waals surface area contributed by atoms with Gasteiger partial charge in [-0.05, 0) is 25.0 Å². The number of imide groups is 1. The summed E-state index contributed by atoms with van der Waals surface area (Å²) in [7, 11) is 0. The Morgan fingerprint density at radius 3 is 2.44 bits per heavy atom. The smallest absolute Gasteiger partial charge is 0.233 e. The number of carbonyl (C=O) groups excluding carboxylic acids is 3. The Bertz CT molecular complexity index is 497. The van der Waals surface area contributed by atoms with Gasteiger partial charge in [0.15, 0.2) is 12.0 Å². The Morgan fingerprint density at radius 2 is 1.89 bits per heavy atom. The van der Waals surface area contributed by atoms with Crippen molar-refractivity contribution in [3.8, 4) is 0 Å². The van der Waals surface area contributed by atoms with Crippen molar-refractivity contribution in [2.45, 2.75) is 25.8 Å². The van der Waals surface area contributed by atoms with Crippen LogP contribution in [0.2, 0.25) is 0 Å². The molecular formula is C13H13NO4. The first-order valence-corrected chi connectivity index (χ1v) is 6.10. The molecule has 2 atom stereocenters. The third-order valence-corrected chi connectivity index (χ3v) is 3.79. The van der Waals surface area contributed by atoms with Gasteiger partial charge in [0.05, 0.1) is 18.4 Å². The average Bonchev–Trinajstić information content (AvgIpc) is 3.06. The predicted octanol–water partition coefficient (Wildman–Crippen LogP) is 1.38. The fourth-order valence-corrected chi connectivity index (χ4v) is 2.91. The van der Waals surface area contributed by atoms with Gasteiger partial charge < -0.3 is 4.42 Å². The molecule has 94 valence electrons. The van der Waals surface area contributed by atoms with E-state index in [0.717, 1.165) is 19.3 Å². The van der Waals surface area contributed by atoms with Gasteiger partial charge in [-0.3, -0.25) is 19.3 Å². The number of fused-ring (bicyclic) bond motifs is 1. The summed E-state index contributed by atoms with van der Waals surface area (Å²) in [4.78, 5) is 35.9. The van der Waals surface area contributed by atoms with Crippen molar-refractivity contribution < 1.29 is 18.8 Å². The van der Waals surface area contributed by atoms with Gasteiger partial charge >= 0.3 is 0 Å². The van der Waals surface area contributed by atoms with Crippen LogP contribution in [0, 0.1) is 11.8 Å². The second-order valence-corrected chi connectivity index (χ2v) is 4.83. The van der Waals surface area contributed by atoms with E-state index in [2.05, 4.69) is 0 Å². The lowest BCUT2D eigenvalue weighted by Gasteiger charge is -2.13. The van der Waals surface area contributed by atoms with E-state index in [1.165, 1.54) is 11.0 Å². The van der Waals surface area contributed by atoms with E-state index in [-0.39, 0.29) is 36.0 Å². The Morgan fingerprint density at radius 1 is 1.22 bits per heavy atom. The van der Waals surface area contributed by atoms with E-state index in [9.17, 15) is 14.4 Å². The van der Waals surface area contributed by atoms with Crippen molar-refractivity contribution in [3.05, 3.63) is 23.7 Å². The number of rotatable bonds is 3. The molecule has 5 heteroatoms. The van der Waals surface area contributed by atoms with E-state index in [4.69, 9.17) is 4.42 Å². The molecule has 1 saturated carbocycles. The first kappa shape index (κ1) is 11.2. The fraction of sp³-hybridized carbons (Fsp3) is 0.462. The molecule has 0 radical (unpaired) electrons. The molecule has 1 aliphatic carbocycles. The number of furan rings is 1. The molecule has 18 heavy (non-hydrogen) atoms. The number of hydrogen-bond donors (Lipinski definition) is 0. The van der Waals surface area contributed by atoms with E-state index in [1.807, 2.05) is 0 Å². The largest absolute Gasteiger partial charge is 0.456 e. The summed E-state index contributed by atoms with van der Waals surface area (Å²) in [6.07, 6.45) is 3.18. The molecule has 2 heterocycles.